The number of fused-ring (bicyclic) bond motifs is 1. The fraction of sp³-hybridized carbons (Fsp3) is 0.375. The first-order valence-corrected chi connectivity index (χ1v) is 6.25. The third-order valence-electron chi connectivity index (χ3n) is 3.51. The molecule has 2 aliphatic rings. The Morgan fingerprint density at radius 2 is 2.12 bits per heavy atom. The molecule has 0 aromatic carbocycles. The van der Waals surface area contributed by atoms with Crippen LogP contribution in [-0.2, 0) is 4.74 Å². The summed E-state index contributed by atoms with van der Waals surface area (Å²) < 4.78 is 5.92. The van der Waals surface area contributed by atoms with Crippen LogP contribution in [0, 0.1) is 0 Å². The number of hydrogen-bond acceptors (Lipinski definition) is 1. The summed E-state index contributed by atoms with van der Waals surface area (Å²) in [6.45, 7) is 8.68. The molecule has 1 aliphatic carbocycles. The lowest BCUT2D eigenvalue weighted by Crippen LogP contribution is -2.07. The minimum atomic E-state index is 0.112. The van der Waals surface area contributed by atoms with Crippen LogP contribution in [0.1, 0.15) is 34.1 Å². The molecule has 0 amide bonds. The molecule has 1 atom stereocenters. The van der Waals surface area contributed by atoms with Crippen molar-refractivity contribution in [2.24, 2.45) is 0 Å². The molecule has 2 rings (SSSR count). The van der Waals surface area contributed by atoms with Crippen LogP contribution in [0.4, 0.5) is 0 Å². The Hall–Kier alpha value is -1.50. The molecule has 0 saturated carbocycles. The second kappa shape index (κ2) is 4.79. The Morgan fingerprint density at radius 1 is 1.35 bits per heavy atom. The Morgan fingerprint density at radius 3 is 2.76 bits per heavy atom. The lowest BCUT2D eigenvalue weighted by molar-refractivity contribution is 0.209. The van der Waals surface area contributed by atoms with Gasteiger partial charge in [-0.25, -0.2) is 0 Å². The van der Waals surface area contributed by atoms with Crippen molar-refractivity contribution in [1.82, 2.24) is 0 Å². The first kappa shape index (κ1) is 12.0. The van der Waals surface area contributed by atoms with Gasteiger partial charge in [0.2, 0.25) is 0 Å². The van der Waals surface area contributed by atoms with E-state index in [1.807, 2.05) is 12.2 Å². The van der Waals surface area contributed by atoms with Gasteiger partial charge in [0.25, 0.3) is 0 Å². The van der Waals surface area contributed by atoms with E-state index in [0.717, 1.165) is 12.2 Å². The molecule has 1 unspecified atom stereocenters. The molecule has 0 saturated heterocycles. The Kier molecular flexibility index (Phi) is 3.37. The molecular weight excluding hydrogens is 208 g/mol. The van der Waals surface area contributed by atoms with E-state index in [2.05, 4.69) is 45.9 Å². The summed E-state index contributed by atoms with van der Waals surface area (Å²) in [7, 11) is 0. The molecule has 0 spiro atoms. The zero-order valence-electron chi connectivity index (χ0n) is 11.1. The van der Waals surface area contributed by atoms with Crippen LogP contribution in [0.25, 0.3) is 0 Å². The second-order valence-electron chi connectivity index (χ2n) is 4.65. The van der Waals surface area contributed by atoms with Gasteiger partial charge < -0.3 is 4.74 Å². The van der Waals surface area contributed by atoms with Crippen molar-refractivity contribution in [3.05, 3.63) is 58.4 Å². The van der Waals surface area contributed by atoms with Gasteiger partial charge in [-0.3, -0.25) is 0 Å². The summed E-state index contributed by atoms with van der Waals surface area (Å²) in [5.74, 6) is 1.01. The van der Waals surface area contributed by atoms with Gasteiger partial charge in [0, 0.05) is 5.57 Å². The molecular formula is C16H20O. The van der Waals surface area contributed by atoms with Crippen molar-refractivity contribution in [1.29, 1.82) is 0 Å². The molecule has 0 bridgehead atoms. The minimum Gasteiger partial charge on any atom is -0.481 e. The van der Waals surface area contributed by atoms with Gasteiger partial charge in [0.1, 0.15) is 11.9 Å². The highest BCUT2D eigenvalue weighted by Gasteiger charge is 2.24. The number of rotatable bonds is 3. The van der Waals surface area contributed by atoms with Gasteiger partial charge in [-0.2, -0.15) is 0 Å². The average molecular weight is 228 g/mol. The molecule has 1 heterocycles. The lowest BCUT2D eigenvalue weighted by Gasteiger charge is -2.15. The van der Waals surface area contributed by atoms with Crippen molar-refractivity contribution < 1.29 is 4.74 Å². The maximum Gasteiger partial charge on any atom is 0.139 e. The van der Waals surface area contributed by atoms with Gasteiger partial charge in [0.05, 0.1) is 0 Å². The highest BCUT2D eigenvalue weighted by Crippen LogP contribution is 2.33. The zero-order valence-corrected chi connectivity index (χ0v) is 11.1. The van der Waals surface area contributed by atoms with Crippen molar-refractivity contribution in [3.63, 3.8) is 0 Å². The van der Waals surface area contributed by atoms with Crippen LogP contribution in [-0.4, -0.2) is 6.10 Å². The summed E-state index contributed by atoms with van der Waals surface area (Å²) >= 11 is 0. The fourth-order valence-electron chi connectivity index (χ4n) is 2.19. The van der Waals surface area contributed by atoms with Crippen molar-refractivity contribution in [3.8, 4) is 0 Å². The Bertz CT molecular complexity index is 470. The molecule has 0 fully saturated rings. The van der Waals surface area contributed by atoms with Crippen LogP contribution in [0.15, 0.2) is 58.4 Å². The van der Waals surface area contributed by atoms with E-state index in [1.165, 1.54) is 22.3 Å². The van der Waals surface area contributed by atoms with E-state index in [4.69, 9.17) is 4.74 Å². The molecule has 0 radical (unpaired) electrons. The largest absolute Gasteiger partial charge is 0.481 e. The van der Waals surface area contributed by atoms with E-state index in [1.54, 1.807) is 0 Å². The molecule has 90 valence electrons. The van der Waals surface area contributed by atoms with E-state index < -0.39 is 0 Å². The minimum absolute atomic E-state index is 0.112. The number of allylic oxidation sites excluding steroid dienone is 6. The summed E-state index contributed by atoms with van der Waals surface area (Å²) in [6, 6.07) is 0. The van der Waals surface area contributed by atoms with Gasteiger partial charge in [-0.15, -0.1) is 0 Å². The monoisotopic (exact) mass is 228 g/mol. The topological polar surface area (TPSA) is 9.23 Å². The zero-order chi connectivity index (χ0) is 12.4. The normalized spacial score (nSPS) is 24.0. The smallest absolute Gasteiger partial charge is 0.139 e. The van der Waals surface area contributed by atoms with Gasteiger partial charge >= 0.3 is 0 Å². The Balaban J connectivity index is 2.22. The number of hydrogen-bond donors (Lipinski definition) is 0. The van der Waals surface area contributed by atoms with Crippen LogP contribution in [0.3, 0.4) is 0 Å². The van der Waals surface area contributed by atoms with Crippen molar-refractivity contribution >= 4 is 0 Å². The van der Waals surface area contributed by atoms with Gasteiger partial charge in [-0.1, -0.05) is 30.7 Å². The van der Waals surface area contributed by atoms with Crippen molar-refractivity contribution in [2.45, 2.75) is 40.2 Å². The molecule has 0 aromatic heterocycles. The van der Waals surface area contributed by atoms with E-state index in [9.17, 15) is 0 Å². The van der Waals surface area contributed by atoms with Gasteiger partial charge in [0.15, 0.2) is 0 Å². The highest BCUT2D eigenvalue weighted by atomic mass is 16.5. The fourth-order valence-corrected chi connectivity index (χ4v) is 2.19. The van der Waals surface area contributed by atoms with Crippen LogP contribution in [0.5, 0.6) is 0 Å². The van der Waals surface area contributed by atoms with Crippen LogP contribution >= 0.6 is 0 Å². The van der Waals surface area contributed by atoms with Crippen LogP contribution < -0.4 is 0 Å². The quantitative estimate of drug-likeness (QED) is 0.648. The first-order chi connectivity index (χ1) is 8.13. The predicted molar refractivity (Wildman–Crippen MR) is 72.6 cm³/mol. The van der Waals surface area contributed by atoms with E-state index in [-0.39, 0.29) is 6.10 Å². The van der Waals surface area contributed by atoms with Crippen LogP contribution in [0.2, 0.25) is 0 Å². The van der Waals surface area contributed by atoms with Crippen molar-refractivity contribution in [2.75, 3.05) is 0 Å². The second-order valence-corrected chi connectivity index (χ2v) is 4.65. The summed E-state index contributed by atoms with van der Waals surface area (Å²) in [6.07, 6.45) is 11.8. The molecule has 1 aliphatic heterocycles. The molecule has 17 heavy (non-hydrogen) atoms. The average Bonchev–Trinajstić information content (AvgIpc) is 2.87. The van der Waals surface area contributed by atoms with Gasteiger partial charge in [-0.05, 0) is 50.5 Å². The summed E-state index contributed by atoms with van der Waals surface area (Å²) in [5, 5.41) is 0. The molecule has 0 N–H and O–H groups in total. The first-order valence-electron chi connectivity index (χ1n) is 6.25. The maximum absolute atomic E-state index is 5.92. The molecule has 1 heteroatoms. The highest BCUT2D eigenvalue weighted by molar-refractivity contribution is 5.51. The Labute approximate surface area is 104 Å². The number of ether oxygens (including phenoxy) is 1. The SMILES string of the molecule is CCC=C(C)C(C)=C(C)C1C=C2C=CC=C2O1. The third kappa shape index (κ3) is 2.28. The molecule has 0 aromatic rings. The summed E-state index contributed by atoms with van der Waals surface area (Å²) in [4.78, 5) is 0. The molecule has 1 nitrogen and oxygen atoms in total. The van der Waals surface area contributed by atoms with E-state index in [0.29, 0.717) is 0 Å². The standard InChI is InChI=1S/C16H20O/c1-5-7-11(2)12(3)13(4)16-10-14-8-6-9-15(14)17-16/h6-10,16H,5H2,1-4H3. The van der Waals surface area contributed by atoms with E-state index >= 15 is 0 Å². The predicted octanol–water partition coefficient (Wildman–Crippen LogP) is 4.46. The third-order valence-corrected chi connectivity index (χ3v) is 3.51. The summed E-state index contributed by atoms with van der Waals surface area (Å²) in [5.41, 5.74) is 5.23. The maximum atomic E-state index is 5.92. The lowest BCUT2D eigenvalue weighted by atomic mass is 9.99.